The van der Waals surface area contributed by atoms with Crippen molar-refractivity contribution in [2.45, 2.75) is 0 Å². The molecule has 0 amide bonds. The first-order chi connectivity index (χ1) is 7.15. The SMILES string of the molecule is C=CC(=O)ONc1ccccc1C(=O)O. The second kappa shape index (κ2) is 4.80. The van der Waals surface area contributed by atoms with Gasteiger partial charge in [0.25, 0.3) is 0 Å². The maximum Gasteiger partial charge on any atom is 0.355 e. The number of nitrogens with one attached hydrogen (secondary N) is 1. The van der Waals surface area contributed by atoms with Crippen molar-refractivity contribution in [3.05, 3.63) is 42.5 Å². The number of anilines is 1. The van der Waals surface area contributed by atoms with Gasteiger partial charge in [0, 0.05) is 6.08 Å². The predicted octanol–water partition coefficient (Wildman–Crippen LogP) is 1.44. The topological polar surface area (TPSA) is 75.6 Å². The molecule has 2 N–H and O–H groups in total. The molecule has 0 aliphatic carbocycles. The molecule has 0 atom stereocenters. The van der Waals surface area contributed by atoms with Crippen molar-refractivity contribution in [2.75, 3.05) is 5.48 Å². The van der Waals surface area contributed by atoms with Crippen LogP contribution in [0.2, 0.25) is 0 Å². The van der Waals surface area contributed by atoms with E-state index in [1.807, 2.05) is 0 Å². The van der Waals surface area contributed by atoms with E-state index in [4.69, 9.17) is 5.11 Å². The van der Waals surface area contributed by atoms with Crippen LogP contribution in [0.25, 0.3) is 0 Å². The summed E-state index contributed by atoms with van der Waals surface area (Å²) in [6.07, 6.45) is 0.969. The molecular formula is C10H9NO4. The normalized spacial score (nSPS) is 9.07. The summed E-state index contributed by atoms with van der Waals surface area (Å²) >= 11 is 0. The van der Waals surface area contributed by atoms with Crippen LogP contribution >= 0.6 is 0 Å². The Bertz CT molecular complexity index is 400. The van der Waals surface area contributed by atoms with Gasteiger partial charge >= 0.3 is 11.9 Å². The number of carboxylic acid groups (broad SMARTS) is 1. The average Bonchev–Trinajstić information content (AvgIpc) is 2.26. The zero-order valence-electron chi connectivity index (χ0n) is 7.77. The lowest BCUT2D eigenvalue weighted by molar-refractivity contribution is -0.134. The van der Waals surface area contributed by atoms with Crippen molar-refractivity contribution in [2.24, 2.45) is 0 Å². The molecule has 0 unspecified atom stereocenters. The van der Waals surface area contributed by atoms with E-state index in [2.05, 4.69) is 16.9 Å². The Hall–Kier alpha value is -2.30. The molecule has 0 spiro atoms. The molecule has 5 nitrogen and oxygen atoms in total. The number of carbonyl (C=O) groups is 2. The molecule has 5 heteroatoms. The molecule has 78 valence electrons. The van der Waals surface area contributed by atoms with E-state index >= 15 is 0 Å². The van der Waals surface area contributed by atoms with Gasteiger partial charge in [-0.25, -0.2) is 15.1 Å². The highest BCUT2D eigenvalue weighted by atomic mass is 16.7. The van der Waals surface area contributed by atoms with Crippen molar-refractivity contribution in [1.29, 1.82) is 0 Å². The van der Waals surface area contributed by atoms with Crippen LogP contribution < -0.4 is 5.48 Å². The highest BCUT2D eigenvalue weighted by Crippen LogP contribution is 2.14. The monoisotopic (exact) mass is 207 g/mol. The molecule has 0 bridgehead atoms. The van der Waals surface area contributed by atoms with E-state index in [0.29, 0.717) is 0 Å². The first kappa shape index (κ1) is 10.8. The zero-order chi connectivity index (χ0) is 11.3. The van der Waals surface area contributed by atoms with Crippen molar-refractivity contribution < 1.29 is 19.5 Å². The van der Waals surface area contributed by atoms with E-state index in [-0.39, 0.29) is 11.3 Å². The van der Waals surface area contributed by atoms with Crippen molar-refractivity contribution >= 4 is 17.6 Å². The van der Waals surface area contributed by atoms with E-state index < -0.39 is 11.9 Å². The summed E-state index contributed by atoms with van der Waals surface area (Å²) in [5, 5.41) is 8.79. The fraction of sp³-hybridized carbons (Fsp3) is 0. The second-order valence-corrected chi connectivity index (χ2v) is 2.58. The quantitative estimate of drug-likeness (QED) is 0.577. The highest BCUT2D eigenvalue weighted by Gasteiger charge is 2.09. The molecule has 0 saturated heterocycles. The molecule has 0 saturated carbocycles. The first-order valence-corrected chi connectivity index (χ1v) is 4.06. The summed E-state index contributed by atoms with van der Waals surface area (Å²) in [5.74, 6) is -1.79. The summed E-state index contributed by atoms with van der Waals surface area (Å²) in [5.41, 5.74) is 2.47. The fourth-order valence-corrected chi connectivity index (χ4v) is 0.906. The van der Waals surface area contributed by atoms with Gasteiger partial charge in [-0.3, -0.25) is 0 Å². The number of carbonyl (C=O) groups excluding carboxylic acids is 1. The Labute approximate surface area is 85.9 Å². The van der Waals surface area contributed by atoms with Gasteiger partial charge in [0.05, 0.1) is 11.3 Å². The lowest BCUT2D eigenvalue weighted by atomic mass is 10.2. The lowest BCUT2D eigenvalue weighted by Gasteiger charge is -2.07. The van der Waals surface area contributed by atoms with Crippen LogP contribution in [0.5, 0.6) is 0 Å². The summed E-state index contributed by atoms with van der Waals surface area (Å²) in [4.78, 5) is 25.9. The molecule has 0 aromatic heterocycles. The maximum absolute atomic E-state index is 10.7. The molecule has 0 aliphatic heterocycles. The number of benzene rings is 1. The summed E-state index contributed by atoms with van der Waals surface area (Å²) in [6.45, 7) is 3.20. The Balaban J connectivity index is 2.80. The minimum Gasteiger partial charge on any atom is -0.478 e. The molecule has 0 aliphatic rings. The second-order valence-electron chi connectivity index (χ2n) is 2.58. The van der Waals surface area contributed by atoms with Crippen LogP contribution in [-0.2, 0) is 9.63 Å². The molecule has 0 heterocycles. The summed E-state index contributed by atoms with van der Waals surface area (Å²) in [6, 6.07) is 6.08. The molecule has 0 radical (unpaired) electrons. The third kappa shape index (κ3) is 2.84. The van der Waals surface area contributed by atoms with Gasteiger partial charge in [-0.05, 0) is 12.1 Å². The number of hydrogen-bond donors (Lipinski definition) is 2. The molecule has 1 aromatic rings. The maximum atomic E-state index is 10.7. The summed E-state index contributed by atoms with van der Waals surface area (Å²) < 4.78 is 0. The predicted molar refractivity (Wildman–Crippen MR) is 53.3 cm³/mol. The van der Waals surface area contributed by atoms with Crippen LogP contribution in [0.15, 0.2) is 36.9 Å². The minimum atomic E-state index is -1.10. The first-order valence-electron chi connectivity index (χ1n) is 4.06. The number of aromatic carboxylic acids is 1. The van der Waals surface area contributed by atoms with Gasteiger partial charge in [0.1, 0.15) is 0 Å². The van der Waals surface area contributed by atoms with E-state index in [0.717, 1.165) is 6.08 Å². The van der Waals surface area contributed by atoms with Gasteiger partial charge in [-0.1, -0.05) is 18.7 Å². The van der Waals surface area contributed by atoms with Gasteiger partial charge in [-0.2, -0.15) is 0 Å². The third-order valence-corrected chi connectivity index (χ3v) is 1.59. The largest absolute Gasteiger partial charge is 0.478 e. The Kier molecular flexibility index (Phi) is 3.45. The smallest absolute Gasteiger partial charge is 0.355 e. The van der Waals surface area contributed by atoms with Crippen LogP contribution in [0.3, 0.4) is 0 Å². The fourth-order valence-electron chi connectivity index (χ4n) is 0.906. The van der Waals surface area contributed by atoms with Gasteiger partial charge in [0.15, 0.2) is 0 Å². The number of rotatable bonds is 4. The third-order valence-electron chi connectivity index (χ3n) is 1.59. The standard InChI is InChI=1S/C10H9NO4/c1-2-9(12)15-11-8-6-4-3-5-7(8)10(13)14/h2-6,11H,1H2,(H,13,14). The van der Waals surface area contributed by atoms with E-state index in [9.17, 15) is 9.59 Å². The van der Waals surface area contributed by atoms with Crippen LogP contribution in [0.1, 0.15) is 10.4 Å². The van der Waals surface area contributed by atoms with E-state index in [1.54, 1.807) is 12.1 Å². The van der Waals surface area contributed by atoms with Crippen LogP contribution in [0, 0.1) is 0 Å². The minimum absolute atomic E-state index is 0.0226. The Morgan fingerprint density at radius 3 is 2.67 bits per heavy atom. The van der Waals surface area contributed by atoms with Crippen LogP contribution in [-0.4, -0.2) is 17.0 Å². The Morgan fingerprint density at radius 1 is 1.40 bits per heavy atom. The van der Waals surface area contributed by atoms with Crippen LogP contribution in [0.4, 0.5) is 5.69 Å². The number of hydrogen-bond acceptors (Lipinski definition) is 4. The van der Waals surface area contributed by atoms with Gasteiger partial charge in [0.2, 0.25) is 0 Å². The molecular weight excluding hydrogens is 198 g/mol. The molecule has 1 rings (SSSR count). The van der Waals surface area contributed by atoms with Gasteiger partial charge < -0.3 is 9.94 Å². The zero-order valence-corrected chi connectivity index (χ0v) is 7.77. The number of para-hydroxylation sites is 1. The average molecular weight is 207 g/mol. The molecule has 0 fully saturated rings. The van der Waals surface area contributed by atoms with E-state index in [1.165, 1.54) is 12.1 Å². The van der Waals surface area contributed by atoms with Crippen molar-refractivity contribution in [3.63, 3.8) is 0 Å². The van der Waals surface area contributed by atoms with Crippen molar-refractivity contribution in [3.8, 4) is 0 Å². The summed E-state index contributed by atoms with van der Waals surface area (Å²) in [7, 11) is 0. The molecule has 15 heavy (non-hydrogen) atoms. The van der Waals surface area contributed by atoms with Gasteiger partial charge in [-0.15, -0.1) is 0 Å². The Morgan fingerprint density at radius 2 is 2.07 bits per heavy atom. The lowest BCUT2D eigenvalue weighted by Crippen LogP contribution is -2.10. The highest BCUT2D eigenvalue weighted by molar-refractivity contribution is 5.94. The van der Waals surface area contributed by atoms with Crippen molar-refractivity contribution in [1.82, 2.24) is 0 Å². The molecule has 1 aromatic carbocycles. The number of carboxylic acids is 1.